The zero-order valence-electron chi connectivity index (χ0n) is 19.6. The normalized spacial score (nSPS) is 16.6. The minimum absolute atomic E-state index is 0.146. The summed E-state index contributed by atoms with van der Waals surface area (Å²) >= 11 is 7.06. The van der Waals surface area contributed by atoms with Crippen molar-refractivity contribution in [1.82, 2.24) is 30.4 Å². The molecule has 0 aromatic carbocycles. The summed E-state index contributed by atoms with van der Waals surface area (Å²) < 4.78 is 5.30. The van der Waals surface area contributed by atoms with E-state index in [9.17, 15) is 19.2 Å². The van der Waals surface area contributed by atoms with Gasteiger partial charge in [-0.05, 0) is 19.2 Å². The first-order chi connectivity index (χ1) is 17.3. The van der Waals surface area contributed by atoms with Crippen molar-refractivity contribution < 1.29 is 23.9 Å². The summed E-state index contributed by atoms with van der Waals surface area (Å²) in [7, 11) is 2.00. The molecule has 0 bridgehead atoms. The second kappa shape index (κ2) is 11.7. The first kappa shape index (κ1) is 25.9. The highest BCUT2D eigenvalue weighted by molar-refractivity contribution is 7.13. The quantitative estimate of drug-likeness (QED) is 0.434. The molecule has 1 unspecified atom stereocenters. The number of thiazole rings is 1. The number of hydrogen-bond acceptors (Lipinski definition) is 9. The third kappa shape index (κ3) is 6.55. The number of morpholine rings is 1. The molecule has 2 aliphatic rings. The number of rotatable bonds is 6. The van der Waals surface area contributed by atoms with E-state index in [-0.39, 0.29) is 23.3 Å². The summed E-state index contributed by atoms with van der Waals surface area (Å²) in [6.45, 7) is 2.76. The fourth-order valence-corrected chi connectivity index (χ4v) is 4.95. The highest BCUT2D eigenvalue weighted by atomic mass is 35.5. The Hall–Kier alpha value is -3.13. The van der Waals surface area contributed by atoms with Crippen molar-refractivity contribution in [2.75, 3.05) is 51.8 Å². The van der Waals surface area contributed by atoms with Gasteiger partial charge < -0.3 is 30.5 Å². The average Bonchev–Trinajstić information content (AvgIpc) is 3.31. The Bertz CT molecular complexity index is 1140. The summed E-state index contributed by atoms with van der Waals surface area (Å²) in [5, 5.41) is 8.10. The Morgan fingerprint density at radius 3 is 2.67 bits per heavy atom. The van der Waals surface area contributed by atoms with Crippen molar-refractivity contribution in [1.29, 1.82) is 0 Å². The number of ether oxygens (including phenoxy) is 1. The van der Waals surface area contributed by atoms with E-state index in [1.54, 1.807) is 4.90 Å². The number of carbonyl (C=O) groups excluding carboxylic acids is 4. The third-order valence-corrected chi connectivity index (χ3v) is 6.99. The maximum absolute atomic E-state index is 13.2. The van der Waals surface area contributed by atoms with Crippen molar-refractivity contribution >= 4 is 52.4 Å². The standard InChI is InChI=1S/C22H26ClN7O5S/c1-29-5-4-14-16(12-29)36-21(27-14)20(33)26-15(22(34)30-6-8-35-9-7-30)11-25-18(31)19(32)28-17-3-2-13(23)10-24-17/h2-3,10,15H,4-9,11-12H2,1H3,(H,25,31)(H,26,33)(H,24,28,32). The van der Waals surface area contributed by atoms with Crippen LogP contribution in [0.4, 0.5) is 5.82 Å². The lowest BCUT2D eigenvalue weighted by molar-refractivity contribution is -0.138. The van der Waals surface area contributed by atoms with Crippen LogP contribution in [-0.2, 0) is 32.1 Å². The molecule has 0 spiro atoms. The van der Waals surface area contributed by atoms with E-state index in [0.717, 1.165) is 23.5 Å². The van der Waals surface area contributed by atoms with Gasteiger partial charge in [0.1, 0.15) is 11.9 Å². The number of likely N-dealkylation sites (N-methyl/N-ethyl adjacent to an activating group) is 1. The topological polar surface area (TPSA) is 146 Å². The second-order valence-corrected chi connectivity index (χ2v) is 9.89. The van der Waals surface area contributed by atoms with Gasteiger partial charge in [-0.25, -0.2) is 9.97 Å². The second-order valence-electron chi connectivity index (χ2n) is 8.37. The van der Waals surface area contributed by atoms with E-state index in [1.807, 2.05) is 7.05 Å². The Morgan fingerprint density at radius 2 is 1.94 bits per heavy atom. The molecule has 12 nitrogen and oxygen atoms in total. The predicted octanol–water partition coefficient (Wildman–Crippen LogP) is -0.108. The molecular formula is C22H26ClN7O5S. The van der Waals surface area contributed by atoms with Gasteiger partial charge in [-0.3, -0.25) is 19.2 Å². The highest BCUT2D eigenvalue weighted by Crippen LogP contribution is 2.24. The molecule has 36 heavy (non-hydrogen) atoms. The first-order valence-electron chi connectivity index (χ1n) is 11.4. The summed E-state index contributed by atoms with van der Waals surface area (Å²) in [5.74, 6) is -2.69. The zero-order valence-corrected chi connectivity index (χ0v) is 21.2. The number of hydrogen-bond donors (Lipinski definition) is 3. The molecule has 3 N–H and O–H groups in total. The van der Waals surface area contributed by atoms with Crippen molar-refractivity contribution in [2.24, 2.45) is 0 Å². The van der Waals surface area contributed by atoms with Crippen LogP contribution in [0.5, 0.6) is 0 Å². The Labute approximate surface area is 216 Å². The van der Waals surface area contributed by atoms with Crippen molar-refractivity contribution in [3.05, 3.63) is 38.9 Å². The molecule has 0 saturated carbocycles. The van der Waals surface area contributed by atoms with Crippen LogP contribution in [-0.4, -0.2) is 95.9 Å². The predicted molar refractivity (Wildman–Crippen MR) is 132 cm³/mol. The summed E-state index contributed by atoms with van der Waals surface area (Å²) in [6.07, 6.45) is 2.08. The Balaban J connectivity index is 1.41. The van der Waals surface area contributed by atoms with Gasteiger partial charge in [-0.2, -0.15) is 0 Å². The Kier molecular flexibility index (Phi) is 8.46. The lowest BCUT2D eigenvalue weighted by atomic mass is 10.2. The maximum atomic E-state index is 13.2. The molecule has 2 aromatic rings. The Morgan fingerprint density at radius 1 is 1.17 bits per heavy atom. The molecule has 0 aliphatic carbocycles. The van der Waals surface area contributed by atoms with E-state index in [1.165, 1.54) is 29.7 Å². The maximum Gasteiger partial charge on any atom is 0.314 e. The molecule has 2 aromatic heterocycles. The highest BCUT2D eigenvalue weighted by Gasteiger charge is 2.30. The number of aromatic nitrogens is 2. The van der Waals surface area contributed by atoms with Crippen molar-refractivity contribution in [3.63, 3.8) is 0 Å². The molecule has 4 amide bonds. The number of pyridine rings is 1. The van der Waals surface area contributed by atoms with Gasteiger partial charge in [-0.15, -0.1) is 11.3 Å². The molecule has 4 heterocycles. The zero-order chi connectivity index (χ0) is 25.7. The van der Waals surface area contributed by atoms with E-state index in [4.69, 9.17) is 16.3 Å². The van der Waals surface area contributed by atoms with Gasteiger partial charge in [0.05, 0.1) is 23.9 Å². The van der Waals surface area contributed by atoms with Gasteiger partial charge in [0.25, 0.3) is 5.91 Å². The van der Waals surface area contributed by atoms with Gasteiger partial charge in [0.2, 0.25) is 5.91 Å². The molecule has 192 valence electrons. The molecule has 1 fully saturated rings. The van der Waals surface area contributed by atoms with E-state index in [0.29, 0.717) is 37.9 Å². The number of fused-ring (bicyclic) bond motifs is 1. The van der Waals surface area contributed by atoms with Crippen molar-refractivity contribution in [2.45, 2.75) is 19.0 Å². The summed E-state index contributed by atoms with van der Waals surface area (Å²) in [5.41, 5.74) is 0.889. The van der Waals surface area contributed by atoms with Gasteiger partial charge in [-0.1, -0.05) is 11.6 Å². The van der Waals surface area contributed by atoms with Crippen LogP contribution in [0.15, 0.2) is 18.3 Å². The molecule has 1 atom stereocenters. The van der Waals surface area contributed by atoms with Crippen LogP contribution < -0.4 is 16.0 Å². The van der Waals surface area contributed by atoms with Crippen LogP contribution in [0.2, 0.25) is 5.02 Å². The number of halogens is 1. The monoisotopic (exact) mass is 535 g/mol. The van der Waals surface area contributed by atoms with E-state index in [2.05, 4.69) is 30.8 Å². The van der Waals surface area contributed by atoms with E-state index < -0.39 is 23.8 Å². The smallest absolute Gasteiger partial charge is 0.314 e. The van der Waals surface area contributed by atoms with Crippen molar-refractivity contribution in [3.8, 4) is 0 Å². The molecule has 14 heteroatoms. The molecule has 2 aliphatic heterocycles. The lowest BCUT2D eigenvalue weighted by Gasteiger charge is -2.30. The van der Waals surface area contributed by atoms with E-state index >= 15 is 0 Å². The fraction of sp³-hybridized carbons (Fsp3) is 0.455. The lowest BCUT2D eigenvalue weighted by Crippen LogP contribution is -2.56. The molecule has 1 saturated heterocycles. The van der Waals surface area contributed by atoms with Gasteiger partial charge in [0, 0.05) is 50.2 Å². The SMILES string of the molecule is CN1CCc2nc(C(=O)NC(CNC(=O)C(=O)Nc3ccc(Cl)cn3)C(=O)N3CCOCC3)sc2C1. The third-order valence-electron chi connectivity index (χ3n) is 5.68. The molecular weight excluding hydrogens is 510 g/mol. The number of anilines is 1. The van der Waals surface area contributed by atoms with Crippen LogP contribution >= 0.6 is 22.9 Å². The van der Waals surface area contributed by atoms with Crippen LogP contribution in [0.3, 0.4) is 0 Å². The van der Waals surface area contributed by atoms with Gasteiger partial charge in [0.15, 0.2) is 5.01 Å². The number of carbonyl (C=O) groups is 4. The van der Waals surface area contributed by atoms with Crippen LogP contribution in [0.25, 0.3) is 0 Å². The molecule has 4 rings (SSSR count). The summed E-state index contributed by atoms with van der Waals surface area (Å²) in [6, 6.07) is 1.87. The minimum Gasteiger partial charge on any atom is -0.378 e. The number of nitrogens with one attached hydrogen (secondary N) is 3. The average molecular weight is 536 g/mol. The minimum atomic E-state index is -1.09. The molecule has 0 radical (unpaired) electrons. The number of nitrogens with zero attached hydrogens (tertiary/aromatic N) is 4. The first-order valence-corrected chi connectivity index (χ1v) is 12.5. The van der Waals surface area contributed by atoms with Gasteiger partial charge >= 0.3 is 11.8 Å². The fourth-order valence-electron chi connectivity index (χ4n) is 3.74. The van der Waals surface area contributed by atoms with Crippen LogP contribution in [0, 0.1) is 0 Å². The largest absolute Gasteiger partial charge is 0.378 e. The summed E-state index contributed by atoms with van der Waals surface area (Å²) in [4.78, 5) is 63.9. The number of amides is 4. The van der Waals surface area contributed by atoms with Crippen LogP contribution in [0.1, 0.15) is 20.4 Å².